The van der Waals surface area contributed by atoms with Crippen LogP contribution in [0.3, 0.4) is 0 Å². The monoisotopic (exact) mass is 483 g/mol. The van der Waals surface area contributed by atoms with Gasteiger partial charge in [-0.05, 0) is 27.7 Å². The van der Waals surface area contributed by atoms with Gasteiger partial charge in [-0.3, -0.25) is 9.80 Å². The van der Waals surface area contributed by atoms with Crippen molar-refractivity contribution in [3.63, 3.8) is 0 Å². The summed E-state index contributed by atoms with van der Waals surface area (Å²) in [7, 11) is 0. The summed E-state index contributed by atoms with van der Waals surface area (Å²) in [4.78, 5) is 27.0. The van der Waals surface area contributed by atoms with E-state index in [0.29, 0.717) is 13.2 Å². The number of carbonyl (C=O) groups is 2. The Morgan fingerprint density at radius 3 is 2.20 bits per heavy atom. The molecule has 0 spiro atoms. The lowest BCUT2D eigenvalue weighted by molar-refractivity contribution is -0.158. The second-order valence-electron chi connectivity index (χ2n) is 10.1. The molecule has 2 aromatic rings. The van der Waals surface area contributed by atoms with Gasteiger partial charge in [0.15, 0.2) is 6.10 Å². The maximum Gasteiger partial charge on any atom is 0.404 e. The quantitative estimate of drug-likeness (QED) is 0.473. The average Bonchev–Trinajstić information content (AvgIpc) is 2.81. The van der Waals surface area contributed by atoms with Gasteiger partial charge >= 0.3 is 12.1 Å². The number of carboxylic acid groups (broad SMARTS) is 2. The Morgan fingerprint density at radius 2 is 1.60 bits per heavy atom. The molecule has 1 unspecified atom stereocenters. The van der Waals surface area contributed by atoms with E-state index in [1.54, 1.807) is 0 Å². The summed E-state index contributed by atoms with van der Waals surface area (Å²) in [6, 6.07) is 16.4. The first-order valence-corrected chi connectivity index (χ1v) is 12.1. The van der Waals surface area contributed by atoms with E-state index in [4.69, 9.17) is 9.84 Å². The summed E-state index contributed by atoms with van der Waals surface area (Å²) < 4.78 is 5.71. The van der Waals surface area contributed by atoms with Crippen LogP contribution in [0.4, 0.5) is 4.79 Å². The molecule has 0 aliphatic carbocycles. The highest BCUT2D eigenvalue weighted by atomic mass is 16.5. The van der Waals surface area contributed by atoms with Gasteiger partial charge in [-0.1, -0.05) is 69.3 Å². The number of carboxylic acids is 1. The molecule has 8 nitrogen and oxygen atoms in total. The number of ether oxygens (including phenoxy) is 1. The number of nitrogens with zero attached hydrogens (tertiary/aromatic N) is 2. The first kappa shape index (κ1) is 26.7. The van der Waals surface area contributed by atoms with Crippen LogP contribution in [0.25, 0.3) is 11.1 Å². The van der Waals surface area contributed by atoms with Crippen LogP contribution in [-0.4, -0.2) is 77.5 Å². The van der Waals surface area contributed by atoms with Crippen molar-refractivity contribution in [2.24, 2.45) is 5.41 Å². The summed E-state index contributed by atoms with van der Waals surface area (Å²) in [5.74, 6) is -0.910. The van der Waals surface area contributed by atoms with Crippen LogP contribution in [0, 0.1) is 5.41 Å². The molecule has 1 amide bonds. The Labute approximate surface area is 207 Å². The highest BCUT2D eigenvalue weighted by Gasteiger charge is 2.32. The minimum absolute atomic E-state index is 0.291. The highest BCUT2D eigenvalue weighted by molar-refractivity contribution is 5.73. The molecule has 3 N–H and O–H groups in total. The van der Waals surface area contributed by atoms with Crippen LogP contribution in [0.15, 0.2) is 48.5 Å². The number of rotatable bonds is 10. The fourth-order valence-corrected chi connectivity index (χ4v) is 4.32. The third-order valence-corrected chi connectivity index (χ3v) is 6.29. The molecule has 1 saturated heterocycles. The van der Waals surface area contributed by atoms with E-state index in [-0.39, 0.29) is 0 Å². The van der Waals surface area contributed by atoms with Crippen LogP contribution >= 0.6 is 0 Å². The molecule has 0 radical (unpaired) electrons. The number of aliphatic carboxylic acids is 1. The van der Waals surface area contributed by atoms with E-state index in [1.807, 2.05) is 51.1 Å². The van der Waals surface area contributed by atoms with Crippen molar-refractivity contribution in [2.75, 3.05) is 39.3 Å². The molecule has 0 saturated carbocycles. The summed E-state index contributed by atoms with van der Waals surface area (Å²) in [5.41, 5.74) is 4.04. The van der Waals surface area contributed by atoms with Gasteiger partial charge in [0, 0.05) is 45.8 Å². The molecule has 1 aliphatic rings. The first-order valence-electron chi connectivity index (χ1n) is 12.1. The standard InChI is InChI=1S/C27H37N3O5/c1-27(2,3)24(25(31)32)35-17-16-29-12-14-30(15-13-29)19-22-6-4-5-7-23(22)21-10-8-20(9-11-21)18-28-26(33)34/h4-11,24,28H,12-19H2,1-3H3,(H,31,32)(H,33,34). The van der Waals surface area contributed by atoms with Gasteiger partial charge in [-0.2, -0.15) is 0 Å². The first-order chi connectivity index (χ1) is 16.6. The third-order valence-electron chi connectivity index (χ3n) is 6.29. The van der Waals surface area contributed by atoms with Gasteiger partial charge in [0.2, 0.25) is 0 Å². The molecular weight excluding hydrogens is 446 g/mol. The molecule has 1 fully saturated rings. The summed E-state index contributed by atoms with van der Waals surface area (Å²) in [6.07, 6.45) is -1.83. The average molecular weight is 484 g/mol. The van der Waals surface area contributed by atoms with E-state index in [9.17, 15) is 14.7 Å². The molecule has 3 rings (SSSR count). The van der Waals surface area contributed by atoms with Crippen LogP contribution in [0.2, 0.25) is 0 Å². The molecule has 1 aliphatic heterocycles. The van der Waals surface area contributed by atoms with Crippen molar-refractivity contribution in [2.45, 2.75) is 40.0 Å². The van der Waals surface area contributed by atoms with E-state index in [0.717, 1.165) is 50.4 Å². The van der Waals surface area contributed by atoms with E-state index in [2.05, 4.69) is 33.3 Å². The summed E-state index contributed by atoms with van der Waals surface area (Å²) in [5, 5.41) is 20.6. The van der Waals surface area contributed by atoms with Gasteiger partial charge in [0.1, 0.15) is 0 Å². The zero-order chi connectivity index (χ0) is 25.4. The van der Waals surface area contributed by atoms with E-state index >= 15 is 0 Å². The zero-order valence-electron chi connectivity index (χ0n) is 20.9. The third kappa shape index (κ3) is 8.06. The SMILES string of the molecule is CC(C)(C)C(OCCN1CCN(Cc2ccccc2-c2ccc(CNC(=O)O)cc2)CC1)C(=O)O. The fourth-order valence-electron chi connectivity index (χ4n) is 4.32. The lowest BCUT2D eigenvalue weighted by Gasteiger charge is -2.35. The Bertz CT molecular complexity index is 979. The summed E-state index contributed by atoms with van der Waals surface area (Å²) in [6.45, 7) is 11.7. The van der Waals surface area contributed by atoms with Crippen LogP contribution in [-0.2, 0) is 22.6 Å². The van der Waals surface area contributed by atoms with E-state index < -0.39 is 23.6 Å². The zero-order valence-corrected chi connectivity index (χ0v) is 20.9. The highest BCUT2D eigenvalue weighted by Crippen LogP contribution is 2.26. The molecule has 2 aromatic carbocycles. The van der Waals surface area contributed by atoms with Crippen molar-refractivity contribution in [3.05, 3.63) is 59.7 Å². The predicted molar refractivity (Wildman–Crippen MR) is 135 cm³/mol. The Morgan fingerprint density at radius 1 is 0.971 bits per heavy atom. The molecule has 1 atom stereocenters. The van der Waals surface area contributed by atoms with Gasteiger partial charge in [0.25, 0.3) is 0 Å². The number of nitrogens with one attached hydrogen (secondary N) is 1. The number of hydrogen-bond donors (Lipinski definition) is 3. The normalized spacial score (nSPS) is 16.1. The molecule has 190 valence electrons. The number of piperazine rings is 1. The van der Waals surface area contributed by atoms with Crippen molar-refractivity contribution in [3.8, 4) is 11.1 Å². The van der Waals surface area contributed by atoms with Crippen molar-refractivity contribution in [1.82, 2.24) is 15.1 Å². The second kappa shape index (κ2) is 12.2. The summed E-state index contributed by atoms with van der Waals surface area (Å²) >= 11 is 0. The van der Waals surface area contributed by atoms with Gasteiger partial charge in [-0.25, -0.2) is 9.59 Å². The van der Waals surface area contributed by atoms with Crippen molar-refractivity contribution < 1.29 is 24.5 Å². The largest absolute Gasteiger partial charge is 0.479 e. The minimum Gasteiger partial charge on any atom is -0.479 e. The fraction of sp³-hybridized carbons (Fsp3) is 0.481. The molecule has 1 heterocycles. The number of benzene rings is 2. The predicted octanol–water partition coefficient (Wildman–Crippen LogP) is 3.75. The van der Waals surface area contributed by atoms with Crippen molar-refractivity contribution in [1.29, 1.82) is 0 Å². The number of amides is 1. The Balaban J connectivity index is 1.51. The van der Waals surface area contributed by atoms with Crippen LogP contribution < -0.4 is 5.32 Å². The smallest absolute Gasteiger partial charge is 0.404 e. The van der Waals surface area contributed by atoms with Crippen molar-refractivity contribution >= 4 is 12.1 Å². The molecule has 35 heavy (non-hydrogen) atoms. The Kier molecular flexibility index (Phi) is 9.26. The van der Waals surface area contributed by atoms with Crippen LogP contribution in [0.5, 0.6) is 0 Å². The lowest BCUT2D eigenvalue weighted by Crippen LogP contribution is -2.47. The topological polar surface area (TPSA) is 102 Å². The molecular formula is C27H37N3O5. The molecule has 0 aromatic heterocycles. The van der Waals surface area contributed by atoms with Gasteiger partial charge < -0.3 is 20.3 Å². The van der Waals surface area contributed by atoms with Gasteiger partial charge in [0.05, 0.1) is 6.61 Å². The Hall–Kier alpha value is -2.94. The minimum atomic E-state index is -1.03. The second-order valence-corrected chi connectivity index (χ2v) is 10.1. The maximum absolute atomic E-state index is 11.5. The molecule has 8 heteroatoms. The van der Waals surface area contributed by atoms with Crippen LogP contribution in [0.1, 0.15) is 31.9 Å². The van der Waals surface area contributed by atoms with Gasteiger partial charge in [-0.15, -0.1) is 0 Å². The van der Waals surface area contributed by atoms with E-state index in [1.165, 1.54) is 11.1 Å². The maximum atomic E-state index is 11.5. The molecule has 0 bridgehead atoms. The lowest BCUT2D eigenvalue weighted by atomic mass is 9.89. The number of hydrogen-bond acceptors (Lipinski definition) is 5.